The van der Waals surface area contributed by atoms with Gasteiger partial charge in [0.05, 0.1) is 49.6 Å². The van der Waals surface area contributed by atoms with Crippen molar-refractivity contribution in [3.8, 4) is 22.5 Å². The van der Waals surface area contributed by atoms with E-state index in [1.54, 1.807) is 18.2 Å². The number of amides is 4. The molecule has 5 heterocycles. The zero-order valence-electron chi connectivity index (χ0n) is 34.8. The fourth-order valence-corrected chi connectivity index (χ4v) is 8.85. The van der Waals surface area contributed by atoms with Crippen LogP contribution in [0.5, 0.6) is 0 Å². The minimum absolute atomic E-state index is 0.127. The number of carboxylic acid groups (broad SMARTS) is 1. The molecule has 0 radical (unpaired) electrons. The van der Waals surface area contributed by atoms with Crippen LogP contribution >= 0.6 is 0 Å². The fourth-order valence-electron chi connectivity index (χ4n) is 8.85. The van der Waals surface area contributed by atoms with E-state index < -0.39 is 24.3 Å². The molecule has 2 aliphatic rings. The van der Waals surface area contributed by atoms with Crippen LogP contribution < -0.4 is 5.32 Å². The molecule has 4 amide bonds. The summed E-state index contributed by atoms with van der Waals surface area (Å²) in [5.41, 5.74) is 5.60. The summed E-state index contributed by atoms with van der Waals surface area (Å²) >= 11 is 0. The normalized spacial score (nSPS) is 18.0. The van der Waals surface area contributed by atoms with Gasteiger partial charge in [-0.15, -0.1) is 0 Å². The maximum atomic E-state index is 13.8. The number of carbonyl (C=O) groups excluding carboxylic acids is 3. The molecular formula is C43H55N9O7. The molecule has 2 aliphatic heterocycles. The van der Waals surface area contributed by atoms with Gasteiger partial charge in [0, 0.05) is 66.7 Å². The van der Waals surface area contributed by atoms with Gasteiger partial charge in [-0.05, 0) is 49.7 Å². The Balaban J connectivity index is 1.17. The Morgan fingerprint density at radius 2 is 1.36 bits per heavy atom. The lowest BCUT2D eigenvalue weighted by Gasteiger charge is -2.33. The van der Waals surface area contributed by atoms with Gasteiger partial charge in [-0.1, -0.05) is 52.0 Å². The molecule has 2 fully saturated rings. The summed E-state index contributed by atoms with van der Waals surface area (Å²) in [6.07, 6.45) is 4.96. The highest BCUT2D eigenvalue weighted by Gasteiger charge is 2.40. The minimum atomic E-state index is -1.13. The second kappa shape index (κ2) is 17.1. The van der Waals surface area contributed by atoms with E-state index in [0.29, 0.717) is 37.9 Å². The smallest absolute Gasteiger partial charge is 0.407 e. The predicted molar refractivity (Wildman–Crippen MR) is 222 cm³/mol. The van der Waals surface area contributed by atoms with Gasteiger partial charge in [-0.3, -0.25) is 14.5 Å². The van der Waals surface area contributed by atoms with Gasteiger partial charge in [0.2, 0.25) is 11.8 Å². The zero-order valence-corrected chi connectivity index (χ0v) is 34.8. The number of likely N-dealkylation sites (tertiary alicyclic amines) is 2. The van der Waals surface area contributed by atoms with Crippen molar-refractivity contribution in [2.45, 2.75) is 84.1 Å². The summed E-state index contributed by atoms with van der Waals surface area (Å²) < 4.78 is 12.6. The molecule has 59 heavy (non-hydrogen) atoms. The maximum Gasteiger partial charge on any atom is 0.407 e. The van der Waals surface area contributed by atoms with Crippen molar-refractivity contribution in [3.05, 3.63) is 60.4 Å². The number of benzene rings is 2. The summed E-state index contributed by atoms with van der Waals surface area (Å²) in [5.74, 6) is 0.699. The number of hydrogen-bond acceptors (Lipinski definition) is 8. The summed E-state index contributed by atoms with van der Waals surface area (Å²) in [6, 6.07) is 10.7. The molecule has 0 bridgehead atoms. The number of fused-ring (bicyclic) bond motifs is 3. The molecule has 4 atom stereocenters. The van der Waals surface area contributed by atoms with Crippen LogP contribution in [0.1, 0.15) is 77.1 Å². The maximum absolute atomic E-state index is 13.8. The van der Waals surface area contributed by atoms with Gasteiger partial charge < -0.3 is 44.2 Å². The first-order valence-corrected chi connectivity index (χ1v) is 20.4. The van der Waals surface area contributed by atoms with Crippen LogP contribution in [0.25, 0.3) is 44.3 Å². The Bertz CT molecular complexity index is 2350. The van der Waals surface area contributed by atoms with Crippen molar-refractivity contribution in [2.24, 2.45) is 11.8 Å². The standard InChI is InChI=1S/C43H55N9O7/c1-24(2)36(48-42(55)59-7)40(53)51-16-8-10-32(51)38-44-22-30(46-38)26-12-14-28-29-15-13-27(21-35(29)50(18-19-58-6)34(28)20-26)31-23-45-39(47-31)33-11-9-17-52(33)41(54)37(25(3)4)49(5)43(56)57/h12-15,20-25,32-33,36-37H,8-11,16-19H2,1-7H3,(H,44,46)(H,45,47)(H,48,55)(H,56,57)/t32?,33-,36-,37-/m0/s1. The number of imidazole rings is 2. The van der Waals surface area contributed by atoms with Crippen LogP contribution in [-0.2, 0) is 25.6 Å². The van der Waals surface area contributed by atoms with Gasteiger partial charge >= 0.3 is 12.2 Å². The third kappa shape index (κ3) is 7.97. The number of alkyl carbamates (subject to hydrolysis) is 1. The number of ether oxygens (including phenoxy) is 2. The van der Waals surface area contributed by atoms with Crippen LogP contribution in [0.3, 0.4) is 0 Å². The first kappa shape index (κ1) is 41.3. The molecule has 0 saturated carbocycles. The Labute approximate surface area is 343 Å². The average molecular weight is 810 g/mol. The number of aromatic amines is 2. The van der Waals surface area contributed by atoms with E-state index in [1.165, 1.54) is 14.2 Å². The molecule has 2 saturated heterocycles. The van der Waals surface area contributed by atoms with Crippen molar-refractivity contribution >= 4 is 45.8 Å². The highest BCUT2D eigenvalue weighted by molar-refractivity contribution is 6.10. The summed E-state index contributed by atoms with van der Waals surface area (Å²) in [5, 5.41) is 14.6. The second-order valence-electron chi connectivity index (χ2n) is 16.3. The molecule has 5 aromatic rings. The van der Waals surface area contributed by atoms with Crippen molar-refractivity contribution in [1.29, 1.82) is 0 Å². The number of likely N-dealkylation sites (N-methyl/N-ethyl adjacent to an activating group) is 1. The first-order valence-electron chi connectivity index (χ1n) is 20.4. The number of hydrogen-bond donors (Lipinski definition) is 4. The van der Waals surface area contributed by atoms with Crippen LogP contribution in [0.4, 0.5) is 9.59 Å². The molecule has 16 heteroatoms. The number of rotatable bonds is 13. The van der Waals surface area contributed by atoms with E-state index in [1.807, 2.05) is 38.8 Å². The predicted octanol–water partition coefficient (Wildman–Crippen LogP) is 6.56. The molecular weight excluding hydrogens is 755 g/mol. The van der Waals surface area contributed by atoms with Crippen LogP contribution in [0, 0.1) is 11.8 Å². The van der Waals surface area contributed by atoms with Gasteiger partial charge in [-0.2, -0.15) is 0 Å². The van der Waals surface area contributed by atoms with E-state index in [0.717, 1.165) is 74.9 Å². The SMILES string of the molecule is COCCn1c2cc(-c3cnc(C4CCCN4C(=O)[C@@H](NC(=O)OC)C(C)C)[nH]3)ccc2c2ccc(-c3cnc([C@@H]4CCCN4C(=O)[C@H](C(C)C)N(C)C(=O)O)[nH]3)cc21. The topological polar surface area (TPSA) is 191 Å². The molecule has 3 aromatic heterocycles. The fraction of sp³-hybridized carbons (Fsp3) is 0.488. The summed E-state index contributed by atoms with van der Waals surface area (Å²) in [4.78, 5) is 72.6. The highest BCUT2D eigenvalue weighted by Crippen LogP contribution is 2.38. The lowest BCUT2D eigenvalue weighted by molar-refractivity contribution is -0.138. The van der Waals surface area contributed by atoms with Crippen LogP contribution in [0.2, 0.25) is 0 Å². The van der Waals surface area contributed by atoms with Gasteiger partial charge in [0.25, 0.3) is 0 Å². The molecule has 1 unspecified atom stereocenters. The summed E-state index contributed by atoms with van der Waals surface area (Å²) in [7, 11) is 4.43. The zero-order chi connectivity index (χ0) is 42.1. The third-order valence-corrected chi connectivity index (χ3v) is 11.9. The quantitative estimate of drug-likeness (QED) is 0.102. The number of methoxy groups -OCH3 is 2. The number of aromatic nitrogens is 5. The molecule has 2 aromatic carbocycles. The van der Waals surface area contributed by atoms with Crippen molar-refractivity contribution in [1.82, 2.24) is 44.5 Å². The Kier molecular flexibility index (Phi) is 12.0. The summed E-state index contributed by atoms with van der Waals surface area (Å²) in [6.45, 7) is 9.75. The third-order valence-electron chi connectivity index (χ3n) is 11.9. The van der Waals surface area contributed by atoms with E-state index in [4.69, 9.17) is 19.4 Å². The van der Waals surface area contributed by atoms with Crippen molar-refractivity contribution < 1.29 is 33.8 Å². The molecule has 0 aliphatic carbocycles. The van der Waals surface area contributed by atoms with E-state index >= 15 is 0 Å². The van der Waals surface area contributed by atoms with E-state index in [-0.39, 0.29) is 35.7 Å². The Morgan fingerprint density at radius 1 is 0.831 bits per heavy atom. The molecule has 0 spiro atoms. The van der Waals surface area contributed by atoms with Gasteiger partial charge in [-0.25, -0.2) is 19.6 Å². The second-order valence-corrected chi connectivity index (χ2v) is 16.3. The number of nitrogens with zero attached hydrogens (tertiary/aromatic N) is 6. The Morgan fingerprint density at radius 3 is 1.81 bits per heavy atom. The van der Waals surface area contributed by atoms with E-state index in [9.17, 15) is 24.3 Å². The van der Waals surface area contributed by atoms with Gasteiger partial charge in [0.1, 0.15) is 23.7 Å². The molecule has 314 valence electrons. The average Bonchev–Trinajstić information content (AvgIpc) is 4.07. The number of carbonyl (C=O) groups is 4. The van der Waals surface area contributed by atoms with Gasteiger partial charge in [0.15, 0.2) is 0 Å². The minimum Gasteiger partial charge on any atom is -0.465 e. The molecule has 16 nitrogen and oxygen atoms in total. The number of H-pyrrole nitrogens is 2. The van der Waals surface area contributed by atoms with Crippen LogP contribution in [-0.4, -0.2) is 121 Å². The van der Waals surface area contributed by atoms with Crippen molar-refractivity contribution in [2.75, 3.05) is 41.0 Å². The lowest BCUT2D eigenvalue weighted by Crippen LogP contribution is -2.51. The lowest BCUT2D eigenvalue weighted by atomic mass is 10.0. The van der Waals surface area contributed by atoms with Crippen LogP contribution in [0.15, 0.2) is 48.8 Å². The van der Waals surface area contributed by atoms with E-state index in [2.05, 4.69) is 56.3 Å². The largest absolute Gasteiger partial charge is 0.465 e. The monoisotopic (exact) mass is 809 g/mol. The Hall–Kier alpha value is -5.90. The first-order chi connectivity index (χ1) is 28.3. The van der Waals surface area contributed by atoms with Crippen molar-refractivity contribution in [3.63, 3.8) is 0 Å². The molecule has 7 rings (SSSR count). The highest BCUT2D eigenvalue weighted by atomic mass is 16.5. The molecule has 4 N–H and O–H groups in total. The number of nitrogens with one attached hydrogen (secondary N) is 3.